The molecule has 0 saturated carbocycles. The summed E-state index contributed by atoms with van der Waals surface area (Å²) in [5, 5.41) is 47.5. The van der Waals surface area contributed by atoms with Crippen LogP contribution in [-0.4, -0.2) is 75.9 Å². The molecule has 1 aromatic rings. The molecule has 2 rings (SSSR count). The molecule has 5 atom stereocenters. The smallest absolute Gasteiger partial charge is 0.330 e. The molecule has 1 aliphatic rings. The molecule has 0 radical (unpaired) electrons. The zero-order valence-electron chi connectivity index (χ0n) is 13.3. The summed E-state index contributed by atoms with van der Waals surface area (Å²) < 4.78 is 14.7. The van der Waals surface area contributed by atoms with Gasteiger partial charge in [-0.1, -0.05) is 6.07 Å². The molecule has 9 nitrogen and oxygen atoms in total. The highest BCUT2D eigenvalue weighted by Crippen LogP contribution is 2.26. The van der Waals surface area contributed by atoms with Crippen LogP contribution in [0.15, 0.2) is 24.3 Å². The fourth-order valence-corrected chi connectivity index (χ4v) is 2.24. The second-order valence-electron chi connectivity index (χ2n) is 5.43. The Morgan fingerprint density at radius 2 is 1.92 bits per heavy atom. The van der Waals surface area contributed by atoms with Gasteiger partial charge in [0.25, 0.3) is 0 Å². The maximum atomic E-state index is 11.7. The van der Waals surface area contributed by atoms with Gasteiger partial charge in [0.2, 0.25) is 0 Å². The van der Waals surface area contributed by atoms with Gasteiger partial charge in [-0.25, -0.2) is 4.79 Å². The third-order valence-electron chi connectivity index (χ3n) is 3.69. The zero-order chi connectivity index (χ0) is 18.6. The van der Waals surface area contributed by atoms with Crippen LogP contribution < -0.4 is 4.74 Å². The quantitative estimate of drug-likeness (QED) is 0.323. The minimum atomic E-state index is -1.69. The average Bonchev–Trinajstić information content (AvgIpc) is 2.61. The van der Waals surface area contributed by atoms with E-state index in [0.29, 0.717) is 5.56 Å². The Morgan fingerprint density at radius 3 is 2.60 bits per heavy atom. The Bertz CT molecular complexity index is 630. The number of aliphatic hydroxyl groups is 4. The molecule has 0 amide bonds. The topological polar surface area (TPSA) is 146 Å². The summed E-state index contributed by atoms with van der Waals surface area (Å²) in [7, 11) is 1.39. The first kappa shape index (κ1) is 19.2. The lowest BCUT2D eigenvalue weighted by atomic mass is 9.99. The molecule has 25 heavy (non-hydrogen) atoms. The number of methoxy groups -OCH3 is 1. The van der Waals surface area contributed by atoms with Crippen molar-refractivity contribution < 1.29 is 44.5 Å². The van der Waals surface area contributed by atoms with Crippen molar-refractivity contribution in [2.24, 2.45) is 0 Å². The summed E-state index contributed by atoms with van der Waals surface area (Å²) in [6, 6.07) is 4.48. The number of carbonyl (C=O) groups is 1. The lowest BCUT2D eigenvalue weighted by Gasteiger charge is -2.37. The standard InChI is InChI=1S/C16H20O9/c1-23-10-6-8(2-4-9(10)17)3-5-12(18)24-7-11-13(19)14(20)15(21)16(22)25-11/h2-6,11,13-17,19-22H,7H2,1H3/t11-,13-,14+,15-,16-/m1/s1. The van der Waals surface area contributed by atoms with E-state index in [1.54, 1.807) is 6.07 Å². The van der Waals surface area contributed by atoms with Crippen molar-refractivity contribution in [3.05, 3.63) is 29.8 Å². The monoisotopic (exact) mass is 356 g/mol. The molecule has 0 unspecified atom stereocenters. The molecule has 0 aliphatic carbocycles. The lowest BCUT2D eigenvalue weighted by molar-refractivity contribution is -0.287. The number of aliphatic hydroxyl groups excluding tert-OH is 4. The SMILES string of the molecule is COc1cc(C=CC(=O)OC[C@H]2O[C@@H](O)[C@H](O)[C@@H](O)[C@@H]2O)ccc1O. The first-order valence-electron chi connectivity index (χ1n) is 7.43. The van der Waals surface area contributed by atoms with E-state index in [1.807, 2.05) is 0 Å². The van der Waals surface area contributed by atoms with Crippen LogP contribution >= 0.6 is 0 Å². The number of ether oxygens (including phenoxy) is 3. The first-order chi connectivity index (χ1) is 11.8. The van der Waals surface area contributed by atoms with Crippen LogP contribution in [0.1, 0.15) is 5.56 Å². The number of rotatable bonds is 5. The van der Waals surface area contributed by atoms with Crippen molar-refractivity contribution in [2.45, 2.75) is 30.7 Å². The Kier molecular flexibility index (Phi) is 6.34. The van der Waals surface area contributed by atoms with Gasteiger partial charge in [0.1, 0.15) is 31.0 Å². The molecule has 5 N–H and O–H groups in total. The minimum absolute atomic E-state index is 0.0371. The molecule has 1 heterocycles. The fourth-order valence-electron chi connectivity index (χ4n) is 2.24. The van der Waals surface area contributed by atoms with Crippen molar-refractivity contribution in [1.29, 1.82) is 0 Å². The van der Waals surface area contributed by atoms with Crippen molar-refractivity contribution in [1.82, 2.24) is 0 Å². The van der Waals surface area contributed by atoms with Gasteiger partial charge in [0.15, 0.2) is 17.8 Å². The van der Waals surface area contributed by atoms with Crippen molar-refractivity contribution in [2.75, 3.05) is 13.7 Å². The number of phenolic OH excluding ortho intramolecular Hbond substituents is 1. The van der Waals surface area contributed by atoms with Gasteiger partial charge in [-0.05, 0) is 23.8 Å². The van der Waals surface area contributed by atoms with Crippen molar-refractivity contribution in [3.8, 4) is 11.5 Å². The summed E-state index contributed by atoms with van der Waals surface area (Å²) in [6.07, 6.45) is -5.12. The number of carbonyl (C=O) groups excluding carboxylic acids is 1. The third-order valence-corrected chi connectivity index (χ3v) is 3.69. The van der Waals surface area contributed by atoms with E-state index in [-0.39, 0.29) is 11.5 Å². The van der Waals surface area contributed by atoms with Crippen LogP contribution in [-0.2, 0) is 14.3 Å². The van der Waals surface area contributed by atoms with Crippen LogP contribution in [0.3, 0.4) is 0 Å². The molecule has 1 fully saturated rings. The van der Waals surface area contributed by atoms with Crippen LogP contribution in [0, 0.1) is 0 Å². The summed E-state index contributed by atoms with van der Waals surface area (Å²) >= 11 is 0. The van der Waals surface area contributed by atoms with Gasteiger partial charge in [0, 0.05) is 6.08 Å². The summed E-state index contributed by atoms with van der Waals surface area (Å²) in [5.74, 6) is -0.543. The van der Waals surface area contributed by atoms with Crippen LogP contribution in [0.2, 0.25) is 0 Å². The Hall–Kier alpha value is -2.17. The van der Waals surface area contributed by atoms with E-state index in [9.17, 15) is 30.3 Å². The minimum Gasteiger partial charge on any atom is -0.504 e. The molecule has 0 spiro atoms. The number of phenols is 1. The highest BCUT2D eigenvalue weighted by Gasteiger charge is 2.43. The van der Waals surface area contributed by atoms with E-state index >= 15 is 0 Å². The summed E-state index contributed by atoms with van der Waals surface area (Å²) in [4.78, 5) is 11.7. The van der Waals surface area contributed by atoms with E-state index in [2.05, 4.69) is 0 Å². The van der Waals surface area contributed by atoms with Crippen molar-refractivity contribution in [3.63, 3.8) is 0 Å². The Labute approximate surface area is 143 Å². The Morgan fingerprint density at radius 1 is 1.20 bits per heavy atom. The first-order valence-corrected chi connectivity index (χ1v) is 7.43. The van der Waals surface area contributed by atoms with Crippen LogP contribution in [0.25, 0.3) is 6.08 Å². The van der Waals surface area contributed by atoms with E-state index < -0.39 is 43.3 Å². The number of aromatic hydroxyl groups is 1. The largest absolute Gasteiger partial charge is 0.504 e. The van der Waals surface area contributed by atoms with Gasteiger partial charge >= 0.3 is 5.97 Å². The highest BCUT2D eigenvalue weighted by atomic mass is 16.6. The summed E-state index contributed by atoms with van der Waals surface area (Å²) in [6.45, 7) is -0.427. The normalized spacial score (nSPS) is 29.6. The second kappa shape index (κ2) is 8.28. The molecular formula is C16H20O9. The molecule has 0 aromatic heterocycles. The summed E-state index contributed by atoms with van der Waals surface area (Å²) in [5.41, 5.74) is 0.578. The number of hydrogen-bond donors (Lipinski definition) is 5. The third kappa shape index (κ3) is 4.68. The molecule has 9 heteroatoms. The maximum absolute atomic E-state index is 11.7. The van der Waals surface area contributed by atoms with Crippen molar-refractivity contribution >= 4 is 12.0 Å². The van der Waals surface area contributed by atoms with Gasteiger partial charge in [-0.2, -0.15) is 0 Å². The predicted octanol–water partition coefficient (Wildman–Crippen LogP) is -1.24. The Balaban J connectivity index is 1.90. The average molecular weight is 356 g/mol. The molecule has 1 saturated heterocycles. The molecule has 138 valence electrons. The van der Waals surface area contributed by atoms with E-state index in [1.165, 1.54) is 25.3 Å². The molecule has 1 aromatic carbocycles. The van der Waals surface area contributed by atoms with Crippen LogP contribution in [0.5, 0.6) is 11.5 Å². The molecular weight excluding hydrogens is 336 g/mol. The van der Waals surface area contributed by atoms with Gasteiger partial charge < -0.3 is 39.7 Å². The van der Waals surface area contributed by atoms with E-state index in [0.717, 1.165) is 6.08 Å². The van der Waals surface area contributed by atoms with E-state index in [4.69, 9.17) is 14.2 Å². The maximum Gasteiger partial charge on any atom is 0.330 e. The number of benzene rings is 1. The zero-order valence-corrected chi connectivity index (χ0v) is 13.3. The molecule has 0 bridgehead atoms. The highest BCUT2D eigenvalue weighted by molar-refractivity contribution is 5.87. The fraction of sp³-hybridized carbons (Fsp3) is 0.438. The predicted molar refractivity (Wildman–Crippen MR) is 83.6 cm³/mol. The van der Waals surface area contributed by atoms with Gasteiger partial charge in [0.05, 0.1) is 7.11 Å². The van der Waals surface area contributed by atoms with Gasteiger partial charge in [-0.3, -0.25) is 0 Å². The second-order valence-corrected chi connectivity index (χ2v) is 5.43. The lowest BCUT2D eigenvalue weighted by Crippen LogP contribution is -2.58. The number of hydrogen-bond acceptors (Lipinski definition) is 9. The van der Waals surface area contributed by atoms with Crippen LogP contribution in [0.4, 0.5) is 0 Å². The van der Waals surface area contributed by atoms with Gasteiger partial charge in [-0.15, -0.1) is 0 Å². The number of esters is 1. The molecule has 1 aliphatic heterocycles.